The van der Waals surface area contributed by atoms with Gasteiger partial charge in [0.15, 0.2) is 5.82 Å². The molecule has 1 aromatic heterocycles. The van der Waals surface area contributed by atoms with Crippen LogP contribution in [0.1, 0.15) is 46.9 Å². The van der Waals surface area contributed by atoms with Crippen molar-refractivity contribution in [2.24, 2.45) is 0 Å². The van der Waals surface area contributed by atoms with Crippen LogP contribution < -0.4 is 5.32 Å². The molecule has 1 aromatic rings. The van der Waals surface area contributed by atoms with E-state index in [2.05, 4.69) is 42.4 Å². The first-order chi connectivity index (χ1) is 7.30. The van der Waals surface area contributed by atoms with Crippen LogP contribution in [0.3, 0.4) is 0 Å². The number of ether oxygens (including phenoxy) is 1. The molecule has 0 amide bonds. The van der Waals surface area contributed by atoms with E-state index in [1.54, 1.807) is 7.11 Å². The Bertz CT molecular complexity index is 339. The zero-order valence-electron chi connectivity index (χ0n) is 10.9. The van der Waals surface area contributed by atoms with Crippen LogP contribution in [0.15, 0.2) is 0 Å². The van der Waals surface area contributed by atoms with Crippen LogP contribution in [0.5, 0.6) is 0 Å². The number of anilines is 1. The van der Waals surface area contributed by atoms with E-state index in [-0.39, 0.29) is 11.1 Å². The van der Waals surface area contributed by atoms with Gasteiger partial charge in [0.05, 0.1) is 0 Å². The first-order valence-electron chi connectivity index (χ1n) is 5.48. The van der Waals surface area contributed by atoms with Crippen LogP contribution in [0.4, 0.5) is 5.13 Å². The highest BCUT2D eigenvalue weighted by molar-refractivity contribution is 7.09. The van der Waals surface area contributed by atoms with Gasteiger partial charge in [-0.2, -0.15) is 4.37 Å². The minimum atomic E-state index is -0.381. The lowest BCUT2D eigenvalue weighted by Gasteiger charge is -2.23. The molecule has 0 radical (unpaired) electrons. The van der Waals surface area contributed by atoms with Gasteiger partial charge in [-0.25, -0.2) is 4.98 Å². The molecule has 0 saturated carbocycles. The average molecular weight is 243 g/mol. The van der Waals surface area contributed by atoms with Crippen LogP contribution in [0, 0.1) is 0 Å². The van der Waals surface area contributed by atoms with Gasteiger partial charge in [-0.05, 0) is 34.1 Å². The van der Waals surface area contributed by atoms with Gasteiger partial charge in [-0.1, -0.05) is 6.92 Å². The monoisotopic (exact) mass is 243 g/mol. The summed E-state index contributed by atoms with van der Waals surface area (Å²) in [5, 5.41) is 4.16. The van der Waals surface area contributed by atoms with E-state index in [1.165, 1.54) is 11.5 Å². The summed E-state index contributed by atoms with van der Waals surface area (Å²) in [6, 6.07) is 0. The number of nitrogens with zero attached hydrogens (tertiary/aromatic N) is 2. The summed E-state index contributed by atoms with van der Waals surface area (Å²) in [7, 11) is 1.70. The second-order valence-electron chi connectivity index (χ2n) is 5.09. The molecule has 0 fully saturated rings. The van der Waals surface area contributed by atoms with E-state index in [0.717, 1.165) is 17.4 Å². The fourth-order valence-corrected chi connectivity index (χ4v) is 2.09. The minimum Gasteiger partial charge on any atom is -0.370 e. The maximum atomic E-state index is 5.47. The molecule has 1 unspecified atom stereocenters. The van der Waals surface area contributed by atoms with Crippen molar-refractivity contribution in [3.8, 4) is 0 Å². The van der Waals surface area contributed by atoms with Crippen LogP contribution >= 0.6 is 11.5 Å². The molecule has 0 saturated heterocycles. The third-order valence-corrected chi connectivity index (χ3v) is 3.14. The molecule has 16 heavy (non-hydrogen) atoms. The predicted molar refractivity (Wildman–Crippen MR) is 67.9 cm³/mol. The average Bonchev–Trinajstić information content (AvgIpc) is 2.63. The highest BCUT2D eigenvalue weighted by Crippen LogP contribution is 2.28. The molecule has 1 N–H and O–H groups in total. The van der Waals surface area contributed by atoms with Crippen LogP contribution in [0.2, 0.25) is 0 Å². The summed E-state index contributed by atoms with van der Waals surface area (Å²) in [6.45, 7) is 10.4. The molecule has 1 heterocycles. The Hall–Kier alpha value is -0.680. The molecule has 0 bridgehead atoms. The highest BCUT2D eigenvalue weighted by Gasteiger charge is 2.29. The van der Waals surface area contributed by atoms with Crippen molar-refractivity contribution in [1.82, 2.24) is 9.36 Å². The Balaban J connectivity index is 2.86. The van der Waals surface area contributed by atoms with Gasteiger partial charge in [0.25, 0.3) is 0 Å². The number of nitrogens with one attached hydrogen (secondary N) is 1. The third kappa shape index (κ3) is 3.15. The Morgan fingerprint density at radius 1 is 1.31 bits per heavy atom. The molecule has 0 aliphatic heterocycles. The van der Waals surface area contributed by atoms with Gasteiger partial charge in [-0.15, -0.1) is 0 Å². The molecular formula is C11H21N3OS. The number of hydrogen-bond donors (Lipinski definition) is 1. The molecular weight excluding hydrogens is 222 g/mol. The second-order valence-corrected chi connectivity index (χ2v) is 5.84. The zero-order chi connectivity index (χ0) is 12.4. The lowest BCUT2D eigenvalue weighted by molar-refractivity contribution is -0.00792. The molecule has 0 aromatic carbocycles. The Morgan fingerprint density at radius 2 is 1.94 bits per heavy atom. The van der Waals surface area contributed by atoms with Crippen molar-refractivity contribution >= 4 is 16.7 Å². The van der Waals surface area contributed by atoms with Gasteiger partial charge in [-0.3, -0.25) is 0 Å². The van der Waals surface area contributed by atoms with E-state index in [1.807, 2.05) is 6.92 Å². The van der Waals surface area contributed by atoms with Crippen molar-refractivity contribution in [1.29, 1.82) is 0 Å². The first-order valence-corrected chi connectivity index (χ1v) is 6.25. The summed E-state index contributed by atoms with van der Waals surface area (Å²) in [4.78, 5) is 4.48. The number of aromatic nitrogens is 2. The Kier molecular flexibility index (Phi) is 3.91. The van der Waals surface area contributed by atoms with Crippen LogP contribution in [0.25, 0.3) is 0 Å². The fourth-order valence-electron chi connectivity index (χ4n) is 1.20. The maximum absolute atomic E-state index is 5.47. The van der Waals surface area contributed by atoms with E-state index in [4.69, 9.17) is 4.74 Å². The first kappa shape index (κ1) is 13.4. The normalized spacial score (nSPS) is 15.9. The van der Waals surface area contributed by atoms with Gasteiger partial charge in [0.1, 0.15) is 5.60 Å². The molecule has 0 aliphatic carbocycles. The molecule has 0 spiro atoms. The number of rotatable bonds is 4. The van der Waals surface area contributed by atoms with Crippen molar-refractivity contribution in [2.75, 3.05) is 12.4 Å². The molecule has 0 aliphatic rings. The third-order valence-electron chi connectivity index (χ3n) is 2.51. The maximum Gasteiger partial charge on any atom is 0.203 e. The zero-order valence-corrected chi connectivity index (χ0v) is 11.7. The van der Waals surface area contributed by atoms with Gasteiger partial charge in [0, 0.05) is 24.2 Å². The number of methoxy groups -OCH3 is 1. The topological polar surface area (TPSA) is 47.0 Å². The molecule has 4 nitrogen and oxygen atoms in total. The Morgan fingerprint density at radius 3 is 2.38 bits per heavy atom. The Labute approximate surface area is 102 Å². The van der Waals surface area contributed by atoms with E-state index < -0.39 is 0 Å². The van der Waals surface area contributed by atoms with E-state index in [9.17, 15) is 0 Å². The summed E-state index contributed by atoms with van der Waals surface area (Å²) in [5.41, 5.74) is -0.374. The van der Waals surface area contributed by atoms with Gasteiger partial charge < -0.3 is 10.1 Å². The van der Waals surface area contributed by atoms with Gasteiger partial charge >= 0.3 is 0 Å². The SMILES string of the molecule is CCC(C)(OC)c1nsc(NC(C)(C)C)n1. The van der Waals surface area contributed by atoms with E-state index >= 15 is 0 Å². The summed E-state index contributed by atoms with van der Waals surface area (Å²) in [5.74, 6) is 0.759. The second kappa shape index (κ2) is 4.67. The largest absolute Gasteiger partial charge is 0.370 e. The number of hydrogen-bond acceptors (Lipinski definition) is 5. The molecule has 1 rings (SSSR count). The summed E-state index contributed by atoms with van der Waals surface area (Å²) in [6.07, 6.45) is 0.856. The molecule has 5 heteroatoms. The van der Waals surface area contributed by atoms with Gasteiger partial charge in [0.2, 0.25) is 5.13 Å². The summed E-state index contributed by atoms with van der Waals surface area (Å²) < 4.78 is 9.83. The highest BCUT2D eigenvalue weighted by atomic mass is 32.1. The van der Waals surface area contributed by atoms with Crippen molar-refractivity contribution < 1.29 is 4.74 Å². The standard InChI is InChI=1S/C11H21N3OS/c1-7-11(5,15-6)8-12-9(16-14-8)13-10(2,3)4/h7H2,1-6H3,(H,12,13,14). The lowest BCUT2D eigenvalue weighted by Crippen LogP contribution is -2.27. The quantitative estimate of drug-likeness (QED) is 0.883. The fraction of sp³-hybridized carbons (Fsp3) is 0.818. The predicted octanol–water partition coefficient (Wildman–Crippen LogP) is 3.02. The van der Waals surface area contributed by atoms with Crippen molar-refractivity contribution in [3.05, 3.63) is 5.82 Å². The molecule has 92 valence electrons. The lowest BCUT2D eigenvalue weighted by atomic mass is 10.0. The van der Waals surface area contributed by atoms with E-state index in [0.29, 0.717) is 0 Å². The molecule has 1 atom stereocenters. The van der Waals surface area contributed by atoms with Crippen LogP contribution in [-0.4, -0.2) is 22.0 Å². The minimum absolute atomic E-state index is 0.00644. The van der Waals surface area contributed by atoms with Crippen molar-refractivity contribution in [2.45, 2.75) is 52.2 Å². The smallest absolute Gasteiger partial charge is 0.203 e. The summed E-state index contributed by atoms with van der Waals surface area (Å²) >= 11 is 1.38. The van der Waals surface area contributed by atoms with Crippen LogP contribution in [-0.2, 0) is 10.3 Å². The van der Waals surface area contributed by atoms with Crippen molar-refractivity contribution in [3.63, 3.8) is 0 Å².